The summed E-state index contributed by atoms with van der Waals surface area (Å²) >= 11 is 0. The van der Waals surface area contributed by atoms with Crippen molar-refractivity contribution in [1.29, 1.82) is 0 Å². The summed E-state index contributed by atoms with van der Waals surface area (Å²) in [5, 5.41) is 3.26. The lowest BCUT2D eigenvalue weighted by atomic mass is 9.88. The third-order valence-electron chi connectivity index (χ3n) is 4.98. The van der Waals surface area contributed by atoms with Gasteiger partial charge in [0, 0.05) is 32.2 Å². The van der Waals surface area contributed by atoms with E-state index in [1.165, 1.54) is 6.07 Å². The molecule has 1 saturated carbocycles. The van der Waals surface area contributed by atoms with Crippen molar-refractivity contribution in [2.45, 2.75) is 37.9 Å². The van der Waals surface area contributed by atoms with Gasteiger partial charge < -0.3 is 5.32 Å². The zero-order chi connectivity index (χ0) is 16.4. The molecule has 1 saturated heterocycles. The maximum atomic E-state index is 13.8. The van der Waals surface area contributed by atoms with Gasteiger partial charge in [0.05, 0.1) is 5.56 Å². The summed E-state index contributed by atoms with van der Waals surface area (Å²) in [5.74, 6) is -0.482. The van der Waals surface area contributed by atoms with Crippen LogP contribution in [0.3, 0.4) is 0 Å². The number of nitrogens with one attached hydrogen (secondary N) is 1. The van der Waals surface area contributed by atoms with Gasteiger partial charge in [0.2, 0.25) is 0 Å². The molecular formula is C17H23ClF4N2. The highest BCUT2D eigenvalue weighted by Crippen LogP contribution is 2.41. The van der Waals surface area contributed by atoms with Gasteiger partial charge in [0.25, 0.3) is 0 Å². The van der Waals surface area contributed by atoms with Crippen LogP contribution in [0.5, 0.6) is 0 Å². The van der Waals surface area contributed by atoms with Crippen molar-refractivity contribution in [3.8, 4) is 0 Å². The summed E-state index contributed by atoms with van der Waals surface area (Å²) in [7, 11) is 0. The third kappa shape index (κ3) is 4.41. The lowest BCUT2D eigenvalue weighted by Crippen LogP contribution is -2.46. The second kappa shape index (κ2) is 8.02. The van der Waals surface area contributed by atoms with Gasteiger partial charge in [0.1, 0.15) is 5.82 Å². The van der Waals surface area contributed by atoms with Crippen molar-refractivity contribution in [2.75, 3.05) is 26.2 Å². The number of nitrogens with zero attached hydrogens (tertiary/aromatic N) is 1. The topological polar surface area (TPSA) is 15.3 Å². The van der Waals surface area contributed by atoms with Gasteiger partial charge in [-0.15, -0.1) is 12.4 Å². The summed E-state index contributed by atoms with van der Waals surface area (Å²) in [6, 6.07) is 2.91. The number of benzene rings is 1. The van der Waals surface area contributed by atoms with Gasteiger partial charge in [-0.25, -0.2) is 4.39 Å². The zero-order valence-corrected chi connectivity index (χ0v) is 14.2. The second-order valence-electron chi connectivity index (χ2n) is 6.55. The SMILES string of the molecule is Cl.Fc1cc([C@H](C2CCCC2)N2CCNCC2)cc(C(F)(F)F)c1. The summed E-state index contributed by atoms with van der Waals surface area (Å²) in [5.41, 5.74) is -0.406. The summed E-state index contributed by atoms with van der Waals surface area (Å²) < 4.78 is 53.0. The third-order valence-corrected chi connectivity index (χ3v) is 4.98. The number of halogens is 5. The Balaban J connectivity index is 0.00000208. The molecule has 1 aromatic carbocycles. The van der Waals surface area contributed by atoms with Crippen LogP contribution in [0.25, 0.3) is 0 Å². The number of rotatable bonds is 3. The summed E-state index contributed by atoms with van der Waals surface area (Å²) in [6.45, 7) is 3.23. The Morgan fingerprint density at radius 2 is 1.67 bits per heavy atom. The van der Waals surface area contributed by atoms with Crippen LogP contribution < -0.4 is 5.32 Å². The van der Waals surface area contributed by atoms with Crippen LogP contribution in [0, 0.1) is 11.7 Å². The number of hydrogen-bond donors (Lipinski definition) is 1. The number of alkyl halides is 3. The normalized spacial score (nSPS) is 21.5. The maximum absolute atomic E-state index is 13.8. The predicted octanol–water partition coefficient (Wildman–Crippen LogP) is 4.40. The second-order valence-corrected chi connectivity index (χ2v) is 6.55. The van der Waals surface area contributed by atoms with E-state index < -0.39 is 17.6 Å². The van der Waals surface area contributed by atoms with Crippen molar-refractivity contribution < 1.29 is 17.6 Å². The van der Waals surface area contributed by atoms with E-state index >= 15 is 0 Å². The first-order chi connectivity index (χ1) is 10.9. The lowest BCUT2D eigenvalue weighted by molar-refractivity contribution is -0.137. The van der Waals surface area contributed by atoms with Crippen LogP contribution in [0.2, 0.25) is 0 Å². The number of piperazine rings is 1. The first-order valence-electron chi connectivity index (χ1n) is 8.27. The molecule has 0 bridgehead atoms. The molecule has 2 nitrogen and oxygen atoms in total. The molecule has 2 fully saturated rings. The minimum Gasteiger partial charge on any atom is -0.314 e. The molecule has 24 heavy (non-hydrogen) atoms. The van der Waals surface area contributed by atoms with E-state index in [2.05, 4.69) is 10.2 Å². The first kappa shape index (κ1) is 19.5. The monoisotopic (exact) mass is 366 g/mol. The lowest BCUT2D eigenvalue weighted by Gasteiger charge is -2.39. The molecule has 1 aromatic rings. The Morgan fingerprint density at radius 1 is 1.04 bits per heavy atom. The fourth-order valence-corrected chi connectivity index (χ4v) is 3.96. The molecule has 0 aromatic heterocycles. The number of hydrogen-bond acceptors (Lipinski definition) is 2. The van der Waals surface area contributed by atoms with Gasteiger partial charge in [0.15, 0.2) is 0 Å². The highest BCUT2D eigenvalue weighted by molar-refractivity contribution is 5.85. The average molecular weight is 367 g/mol. The Morgan fingerprint density at radius 3 is 2.25 bits per heavy atom. The molecule has 0 amide bonds. The van der Waals surface area contributed by atoms with E-state index in [4.69, 9.17) is 0 Å². The largest absolute Gasteiger partial charge is 0.416 e. The Kier molecular flexibility index (Phi) is 6.51. The minimum atomic E-state index is -4.51. The van der Waals surface area contributed by atoms with Crippen molar-refractivity contribution in [3.05, 3.63) is 35.1 Å². The van der Waals surface area contributed by atoms with E-state index in [-0.39, 0.29) is 18.4 Å². The van der Waals surface area contributed by atoms with Crippen LogP contribution in [-0.4, -0.2) is 31.1 Å². The molecule has 136 valence electrons. The molecule has 7 heteroatoms. The fraction of sp³-hybridized carbons (Fsp3) is 0.647. The molecule has 3 rings (SSSR count). The van der Waals surface area contributed by atoms with Crippen molar-refractivity contribution in [3.63, 3.8) is 0 Å². The molecule has 1 atom stereocenters. The van der Waals surface area contributed by atoms with Gasteiger partial charge in [-0.3, -0.25) is 4.90 Å². The molecule has 1 N–H and O–H groups in total. The summed E-state index contributed by atoms with van der Waals surface area (Å²) in [4.78, 5) is 2.22. The Bertz CT molecular complexity index is 538. The molecule has 0 unspecified atom stereocenters. The smallest absolute Gasteiger partial charge is 0.314 e. The van der Waals surface area contributed by atoms with E-state index in [1.54, 1.807) is 0 Å². The first-order valence-corrected chi connectivity index (χ1v) is 8.27. The van der Waals surface area contributed by atoms with Crippen LogP contribution in [0.4, 0.5) is 17.6 Å². The Hall–Kier alpha value is -0.850. The van der Waals surface area contributed by atoms with Crippen LogP contribution in [-0.2, 0) is 6.18 Å². The van der Waals surface area contributed by atoms with E-state index in [0.29, 0.717) is 17.5 Å². The van der Waals surface area contributed by atoms with Gasteiger partial charge in [-0.05, 0) is 42.5 Å². The van der Waals surface area contributed by atoms with Gasteiger partial charge in [-0.2, -0.15) is 13.2 Å². The molecule has 0 radical (unpaired) electrons. The van der Waals surface area contributed by atoms with E-state index in [1.807, 2.05) is 0 Å². The summed E-state index contributed by atoms with van der Waals surface area (Å²) in [6.07, 6.45) is -0.289. The van der Waals surface area contributed by atoms with Crippen LogP contribution in [0.15, 0.2) is 18.2 Å². The van der Waals surface area contributed by atoms with Crippen LogP contribution in [0.1, 0.15) is 42.9 Å². The highest BCUT2D eigenvalue weighted by atomic mass is 35.5. The van der Waals surface area contributed by atoms with E-state index in [0.717, 1.165) is 57.9 Å². The molecule has 0 spiro atoms. The quantitative estimate of drug-likeness (QED) is 0.797. The predicted molar refractivity (Wildman–Crippen MR) is 87.8 cm³/mol. The molecule has 2 aliphatic rings. The molecule has 1 heterocycles. The molecule has 1 aliphatic carbocycles. The molecule has 1 aliphatic heterocycles. The van der Waals surface area contributed by atoms with Crippen molar-refractivity contribution >= 4 is 12.4 Å². The minimum absolute atomic E-state index is 0. The van der Waals surface area contributed by atoms with Gasteiger partial charge >= 0.3 is 6.18 Å². The van der Waals surface area contributed by atoms with E-state index in [9.17, 15) is 17.6 Å². The van der Waals surface area contributed by atoms with Crippen molar-refractivity contribution in [1.82, 2.24) is 10.2 Å². The fourth-order valence-electron chi connectivity index (χ4n) is 3.96. The molecular weight excluding hydrogens is 344 g/mol. The zero-order valence-electron chi connectivity index (χ0n) is 13.4. The average Bonchev–Trinajstić information content (AvgIpc) is 3.01. The maximum Gasteiger partial charge on any atom is 0.416 e. The van der Waals surface area contributed by atoms with Crippen molar-refractivity contribution in [2.24, 2.45) is 5.92 Å². The Labute approximate surface area is 146 Å². The van der Waals surface area contributed by atoms with Crippen LogP contribution >= 0.6 is 12.4 Å². The highest BCUT2D eigenvalue weighted by Gasteiger charge is 2.36. The standard InChI is InChI=1S/C17H22F4N2.ClH/c18-15-10-13(9-14(11-15)17(19,20)21)16(12-3-1-2-4-12)23-7-5-22-6-8-23;/h9-12,16,22H,1-8H2;1H/t16-;/m0./s1. The van der Waals surface area contributed by atoms with Gasteiger partial charge in [-0.1, -0.05) is 12.8 Å².